The van der Waals surface area contributed by atoms with Crippen LogP contribution < -0.4 is 10.9 Å². The van der Waals surface area contributed by atoms with Crippen LogP contribution in [-0.4, -0.2) is 15.5 Å². The maximum absolute atomic E-state index is 13.0. The van der Waals surface area contributed by atoms with Crippen LogP contribution in [0.15, 0.2) is 29.1 Å². The Morgan fingerprint density at radius 2 is 2.00 bits per heavy atom. The van der Waals surface area contributed by atoms with Crippen LogP contribution >= 0.6 is 11.3 Å². The second-order valence-corrected chi connectivity index (χ2v) is 8.04. The molecule has 0 saturated heterocycles. The lowest BCUT2D eigenvalue weighted by Crippen LogP contribution is -2.24. The molecule has 4 rings (SSSR count). The van der Waals surface area contributed by atoms with E-state index in [1.165, 1.54) is 16.9 Å². The number of rotatable bonds is 3. The van der Waals surface area contributed by atoms with E-state index in [0.717, 1.165) is 55.7 Å². The van der Waals surface area contributed by atoms with Crippen LogP contribution in [0.4, 0.5) is 5.69 Å². The number of carbonyl (C=O) groups excluding carboxylic acids is 1. The molecule has 0 unspecified atom stereocenters. The van der Waals surface area contributed by atoms with Crippen LogP contribution in [0.1, 0.15) is 52.8 Å². The summed E-state index contributed by atoms with van der Waals surface area (Å²) in [6.07, 6.45) is 4.98. The fourth-order valence-electron chi connectivity index (χ4n) is 3.64. The Labute approximate surface area is 162 Å². The number of fused-ring (bicyclic) bond motifs is 2. The Hall–Kier alpha value is -2.47. The van der Waals surface area contributed by atoms with Gasteiger partial charge >= 0.3 is 0 Å². The number of anilines is 1. The standard InChI is InChI=1S/C21H23N3O2S/c1-3-14-8-10-15(11-9-14)22-19(25)18-13(2)17-20(27-18)23-16-7-5-4-6-12-24(16)21(17)26/h8-11H,3-7,12H2,1-2H3,(H,22,25). The first-order valence-corrected chi connectivity index (χ1v) is 10.3. The van der Waals surface area contributed by atoms with E-state index >= 15 is 0 Å². The average Bonchev–Trinajstić information content (AvgIpc) is 2.84. The van der Waals surface area contributed by atoms with E-state index in [1.807, 2.05) is 31.2 Å². The molecule has 0 fully saturated rings. The molecule has 0 spiro atoms. The molecule has 3 heterocycles. The maximum Gasteiger partial charge on any atom is 0.266 e. The molecule has 6 heteroatoms. The lowest BCUT2D eigenvalue weighted by molar-refractivity contribution is 0.103. The molecule has 0 saturated carbocycles. The van der Waals surface area contributed by atoms with E-state index in [2.05, 4.69) is 12.2 Å². The summed E-state index contributed by atoms with van der Waals surface area (Å²) < 4.78 is 1.81. The first-order chi connectivity index (χ1) is 13.1. The van der Waals surface area contributed by atoms with Gasteiger partial charge in [-0.15, -0.1) is 11.3 Å². The van der Waals surface area contributed by atoms with Crippen LogP contribution in [0.3, 0.4) is 0 Å². The molecule has 27 heavy (non-hydrogen) atoms. The van der Waals surface area contributed by atoms with Crippen molar-refractivity contribution >= 4 is 33.1 Å². The van der Waals surface area contributed by atoms with Gasteiger partial charge in [-0.05, 0) is 49.4 Å². The number of amides is 1. The van der Waals surface area contributed by atoms with Gasteiger partial charge in [0.25, 0.3) is 11.5 Å². The van der Waals surface area contributed by atoms with Gasteiger partial charge in [-0.1, -0.05) is 25.5 Å². The predicted octanol–water partition coefficient (Wildman–Crippen LogP) is 4.31. The fourth-order valence-corrected chi connectivity index (χ4v) is 4.72. The molecule has 1 aliphatic rings. The molecule has 0 bridgehead atoms. The third-order valence-electron chi connectivity index (χ3n) is 5.24. The van der Waals surface area contributed by atoms with E-state index < -0.39 is 0 Å². The zero-order valence-electron chi connectivity index (χ0n) is 15.7. The van der Waals surface area contributed by atoms with Crippen molar-refractivity contribution in [1.82, 2.24) is 9.55 Å². The van der Waals surface area contributed by atoms with E-state index in [1.54, 1.807) is 4.57 Å². The molecule has 0 atom stereocenters. The van der Waals surface area contributed by atoms with Crippen molar-refractivity contribution in [3.05, 3.63) is 56.4 Å². The highest BCUT2D eigenvalue weighted by Gasteiger charge is 2.22. The zero-order chi connectivity index (χ0) is 19.0. The summed E-state index contributed by atoms with van der Waals surface area (Å²) in [5.41, 5.74) is 2.71. The second-order valence-electron chi connectivity index (χ2n) is 7.04. The summed E-state index contributed by atoms with van der Waals surface area (Å²) in [6, 6.07) is 7.85. The minimum atomic E-state index is -0.181. The van der Waals surface area contributed by atoms with Gasteiger partial charge in [-0.25, -0.2) is 4.98 Å². The predicted molar refractivity (Wildman–Crippen MR) is 110 cm³/mol. The number of benzene rings is 1. The number of nitrogens with zero attached hydrogens (tertiary/aromatic N) is 2. The van der Waals surface area contributed by atoms with E-state index in [0.29, 0.717) is 15.1 Å². The van der Waals surface area contributed by atoms with Crippen molar-refractivity contribution in [3.8, 4) is 0 Å². The van der Waals surface area contributed by atoms with Gasteiger partial charge in [-0.3, -0.25) is 14.2 Å². The Bertz CT molecular complexity index is 1060. The van der Waals surface area contributed by atoms with Gasteiger partial charge < -0.3 is 5.32 Å². The molecular formula is C21H23N3O2S. The summed E-state index contributed by atoms with van der Waals surface area (Å²) in [5.74, 6) is 0.674. The van der Waals surface area contributed by atoms with Crippen LogP contribution in [0.2, 0.25) is 0 Å². The van der Waals surface area contributed by atoms with Gasteiger partial charge in [0.05, 0.1) is 10.3 Å². The monoisotopic (exact) mass is 381 g/mol. The normalized spacial score (nSPS) is 14.0. The largest absolute Gasteiger partial charge is 0.321 e. The third kappa shape index (κ3) is 3.30. The van der Waals surface area contributed by atoms with Gasteiger partial charge in [0, 0.05) is 18.7 Å². The number of hydrogen-bond acceptors (Lipinski definition) is 4. The highest BCUT2D eigenvalue weighted by molar-refractivity contribution is 7.20. The summed E-state index contributed by atoms with van der Waals surface area (Å²) in [5, 5.41) is 3.54. The number of hydrogen-bond donors (Lipinski definition) is 1. The Balaban J connectivity index is 1.71. The molecule has 2 aromatic heterocycles. The molecule has 0 radical (unpaired) electrons. The van der Waals surface area contributed by atoms with E-state index in [4.69, 9.17) is 4.98 Å². The Morgan fingerprint density at radius 3 is 2.74 bits per heavy atom. The van der Waals surface area contributed by atoms with Gasteiger partial charge in [0.15, 0.2) is 0 Å². The topological polar surface area (TPSA) is 64.0 Å². The van der Waals surface area contributed by atoms with Crippen LogP contribution in [0.5, 0.6) is 0 Å². The van der Waals surface area contributed by atoms with Crippen molar-refractivity contribution in [1.29, 1.82) is 0 Å². The first-order valence-electron chi connectivity index (χ1n) is 9.51. The fraction of sp³-hybridized carbons (Fsp3) is 0.381. The lowest BCUT2D eigenvalue weighted by atomic mass is 10.1. The van der Waals surface area contributed by atoms with E-state index in [9.17, 15) is 9.59 Å². The number of carbonyl (C=O) groups is 1. The molecule has 140 valence electrons. The van der Waals surface area contributed by atoms with Crippen LogP contribution in [0.25, 0.3) is 10.2 Å². The Kier molecular flexibility index (Phi) is 4.83. The van der Waals surface area contributed by atoms with Crippen molar-refractivity contribution < 1.29 is 4.79 Å². The second kappa shape index (κ2) is 7.27. The first kappa shape index (κ1) is 17.9. The molecular weight excluding hydrogens is 358 g/mol. The summed E-state index contributed by atoms with van der Waals surface area (Å²) in [4.78, 5) is 31.8. The Morgan fingerprint density at radius 1 is 1.22 bits per heavy atom. The molecule has 0 aliphatic carbocycles. The number of nitrogens with one attached hydrogen (secondary N) is 1. The van der Waals surface area contributed by atoms with Crippen LogP contribution in [-0.2, 0) is 19.4 Å². The van der Waals surface area contributed by atoms with Gasteiger partial charge in [0.2, 0.25) is 0 Å². The van der Waals surface area contributed by atoms with Crippen molar-refractivity contribution in [3.63, 3.8) is 0 Å². The third-order valence-corrected chi connectivity index (χ3v) is 6.42. The molecule has 1 N–H and O–H groups in total. The average molecular weight is 382 g/mol. The molecule has 5 nitrogen and oxygen atoms in total. The number of thiophene rings is 1. The quantitative estimate of drug-likeness (QED) is 0.735. The molecule has 1 aromatic carbocycles. The summed E-state index contributed by atoms with van der Waals surface area (Å²) in [7, 11) is 0. The number of aromatic nitrogens is 2. The molecule has 3 aromatic rings. The minimum absolute atomic E-state index is 0.00278. The smallest absolute Gasteiger partial charge is 0.266 e. The molecule has 1 aliphatic heterocycles. The molecule has 1 amide bonds. The summed E-state index contributed by atoms with van der Waals surface area (Å²) >= 11 is 1.32. The van der Waals surface area contributed by atoms with Gasteiger partial charge in [-0.2, -0.15) is 0 Å². The maximum atomic E-state index is 13.0. The van der Waals surface area contributed by atoms with Crippen molar-refractivity contribution in [2.24, 2.45) is 0 Å². The highest BCUT2D eigenvalue weighted by atomic mass is 32.1. The minimum Gasteiger partial charge on any atom is -0.321 e. The van der Waals surface area contributed by atoms with E-state index in [-0.39, 0.29) is 11.5 Å². The summed E-state index contributed by atoms with van der Waals surface area (Å²) in [6.45, 7) is 4.67. The van der Waals surface area contributed by atoms with Crippen LogP contribution in [0, 0.1) is 6.92 Å². The lowest BCUT2D eigenvalue weighted by Gasteiger charge is -2.08. The van der Waals surface area contributed by atoms with Crippen molar-refractivity contribution in [2.75, 3.05) is 5.32 Å². The van der Waals surface area contributed by atoms with Crippen molar-refractivity contribution in [2.45, 2.75) is 52.5 Å². The number of aryl methyl sites for hydroxylation is 3. The van der Waals surface area contributed by atoms with Gasteiger partial charge in [0.1, 0.15) is 10.7 Å². The zero-order valence-corrected chi connectivity index (χ0v) is 16.5. The SMILES string of the molecule is CCc1ccc(NC(=O)c2sc3nc4n(c(=O)c3c2C)CCCCC4)cc1. The highest BCUT2D eigenvalue weighted by Crippen LogP contribution is 2.29.